The van der Waals surface area contributed by atoms with Gasteiger partial charge in [0.15, 0.2) is 0 Å². The highest BCUT2D eigenvalue weighted by Crippen LogP contribution is 2.26. The van der Waals surface area contributed by atoms with Crippen molar-refractivity contribution in [2.24, 2.45) is 0 Å². The Morgan fingerprint density at radius 3 is 2.31 bits per heavy atom. The zero-order chi connectivity index (χ0) is 21.1. The van der Waals surface area contributed by atoms with Crippen LogP contribution in [0.5, 0.6) is 5.75 Å². The molecule has 3 amide bonds. The highest BCUT2D eigenvalue weighted by Gasteiger charge is 2.37. The summed E-state index contributed by atoms with van der Waals surface area (Å²) in [6.07, 6.45) is 0. The average Bonchev–Trinajstić information content (AvgIpc) is 2.91. The molecule has 2 aromatic carbocycles. The number of carboxylic acids is 1. The van der Waals surface area contributed by atoms with Gasteiger partial charge in [-0.05, 0) is 30.3 Å². The smallest absolute Gasteiger partial charge is 0.270 e. The predicted molar refractivity (Wildman–Crippen MR) is 94.0 cm³/mol. The second-order valence-electron chi connectivity index (χ2n) is 5.92. The van der Waals surface area contributed by atoms with Crippen molar-refractivity contribution in [2.45, 2.75) is 0 Å². The van der Waals surface area contributed by atoms with E-state index in [4.69, 9.17) is 4.74 Å². The van der Waals surface area contributed by atoms with E-state index in [1.54, 1.807) is 0 Å². The van der Waals surface area contributed by atoms with Crippen LogP contribution in [0.3, 0.4) is 0 Å². The summed E-state index contributed by atoms with van der Waals surface area (Å²) in [5, 5.41) is 23.7. The summed E-state index contributed by atoms with van der Waals surface area (Å²) in [6, 6.07) is 9.00. The summed E-state index contributed by atoms with van der Waals surface area (Å²) in [5.41, 5.74) is -0.158. The van der Waals surface area contributed by atoms with Crippen molar-refractivity contribution in [3.8, 4) is 5.75 Å². The fourth-order valence-corrected chi connectivity index (χ4v) is 2.66. The van der Waals surface area contributed by atoms with E-state index < -0.39 is 41.8 Å². The van der Waals surface area contributed by atoms with E-state index in [1.807, 2.05) is 0 Å². The SMILES string of the molecule is O=C([O-])COc1ccc(NC(=O)CN2C(=O)c3ccc([N+](=O)[O-])cc3C2=O)cc1. The number of non-ortho nitro benzene ring substituents is 1. The van der Waals surface area contributed by atoms with Gasteiger partial charge in [0, 0.05) is 17.8 Å². The lowest BCUT2D eigenvalue weighted by atomic mass is 10.1. The molecule has 0 spiro atoms. The molecule has 0 unspecified atom stereocenters. The fraction of sp³-hybridized carbons (Fsp3) is 0.111. The van der Waals surface area contributed by atoms with Gasteiger partial charge < -0.3 is 20.0 Å². The Bertz CT molecular complexity index is 1030. The van der Waals surface area contributed by atoms with E-state index >= 15 is 0 Å². The standard InChI is InChI=1S/C18H13N3O8/c22-15(19-10-1-4-12(5-2-10)29-9-16(23)24)8-20-17(25)13-6-3-11(21(27)28)7-14(13)18(20)26/h1-7H,8-9H2,(H,19,22)(H,23,24)/p-1. The van der Waals surface area contributed by atoms with E-state index in [0.29, 0.717) is 10.6 Å². The summed E-state index contributed by atoms with van der Waals surface area (Å²) in [5.74, 6) is -3.32. The number of aliphatic carboxylic acids is 1. The first-order chi connectivity index (χ1) is 13.8. The summed E-state index contributed by atoms with van der Waals surface area (Å²) in [6.45, 7) is -1.20. The fourth-order valence-electron chi connectivity index (χ4n) is 2.66. The molecule has 0 aromatic heterocycles. The molecular formula is C18H12N3O8-. The number of imide groups is 1. The third kappa shape index (κ3) is 4.18. The minimum Gasteiger partial charge on any atom is -0.546 e. The molecule has 0 aliphatic carbocycles. The number of nitrogens with one attached hydrogen (secondary N) is 1. The number of carbonyl (C=O) groups is 4. The van der Waals surface area contributed by atoms with Gasteiger partial charge in [-0.25, -0.2) is 0 Å². The molecule has 1 aliphatic rings. The summed E-state index contributed by atoms with van der Waals surface area (Å²) in [4.78, 5) is 58.1. The van der Waals surface area contributed by atoms with Crippen molar-refractivity contribution < 1.29 is 33.9 Å². The van der Waals surface area contributed by atoms with Crippen molar-refractivity contribution in [1.82, 2.24) is 4.90 Å². The topological polar surface area (TPSA) is 159 Å². The van der Waals surface area contributed by atoms with Crippen LogP contribution in [-0.2, 0) is 9.59 Å². The number of nitrogens with zero attached hydrogens (tertiary/aromatic N) is 2. The number of fused-ring (bicyclic) bond motifs is 1. The number of ether oxygens (including phenoxy) is 1. The highest BCUT2D eigenvalue weighted by atomic mass is 16.6. The van der Waals surface area contributed by atoms with Gasteiger partial charge in [-0.2, -0.15) is 0 Å². The predicted octanol–water partition coefficient (Wildman–Crippen LogP) is -0.0418. The van der Waals surface area contributed by atoms with E-state index in [9.17, 15) is 34.4 Å². The Balaban J connectivity index is 1.65. The third-order valence-corrected chi connectivity index (χ3v) is 3.96. The maximum Gasteiger partial charge on any atom is 0.270 e. The normalized spacial score (nSPS) is 12.5. The van der Waals surface area contributed by atoms with Gasteiger partial charge in [-0.1, -0.05) is 0 Å². The van der Waals surface area contributed by atoms with Gasteiger partial charge in [0.05, 0.1) is 22.0 Å². The average molecular weight is 398 g/mol. The lowest BCUT2D eigenvalue weighted by Crippen LogP contribution is -2.37. The highest BCUT2D eigenvalue weighted by molar-refractivity contribution is 6.23. The Morgan fingerprint density at radius 2 is 1.69 bits per heavy atom. The van der Waals surface area contributed by atoms with Crippen molar-refractivity contribution in [1.29, 1.82) is 0 Å². The molecule has 0 radical (unpaired) electrons. The Kier molecular flexibility index (Phi) is 5.21. The van der Waals surface area contributed by atoms with E-state index in [0.717, 1.165) is 12.1 Å². The summed E-state index contributed by atoms with van der Waals surface area (Å²) in [7, 11) is 0. The molecule has 0 bridgehead atoms. The molecule has 0 fully saturated rings. The number of carbonyl (C=O) groups excluding carboxylic acids is 4. The van der Waals surface area contributed by atoms with E-state index in [-0.39, 0.29) is 22.6 Å². The largest absolute Gasteiger partial charge is 0.546 e. The lowest BCUT2D eigenvalue weighted by molar-refractivity contribution is -0.384. The molecular weight excluding hydrogens is 386 g/mol. The van der Waals surface area contributed by atoms with Crippen molar-refractivity contribution in [3.05, 3.63) is 63.7 Å². The number of nitro groups is 1. The molecule has 1 heterocycles. The number of benzene rings is 2. The molecule has 0 atom stereocenters. The van der Waals surface area contributed by atoms with Crippen molar-refractivity contribution >= 4 is 35.1 Å². The van der Waals surface area contributed by atoms with Gasteiger partial charge in [0.25, 0.3) is 17.5 Å². The zero-order valence-corrected chi connectivity index (χ0v) is 14.6. The number of hydrogen-bond acceptors (Lipinski definition) is 8. The maximum absolute atomic E-state index is 12.4. The monoisotopic (exact) mass is 398 g/mol. The van der Waals surface area contributed by atoms with Crippen LogP contribution in [0.4, 0.5) is 11.4 Å². The number of rotatable bonds is 7. The Hall–Kier alpha value is -4.28. The second kappa shape index (κ2) is 7.76. The van der Waals surface area contributed by atoms with Gasteiger partial charge in [-0.15, -0.1) is 0 Å². The Labute approximate surface area is 162 Å². The van der Waals surface area contributed by atoms with E-state index in [1.165, 1.54) is 30.3 Å². The van der Waals surface area contributed by atoms with Gasteiger partial charge in [0.1, 0.15) is 18.9 Å². The minimum atomic E-state index is -1.38. The molecule has 11 nitrogen and oxygen atoms in total. The molecule has 0 saturated heterocycles. The van der Waals surface area contributed by atoms with Crippen LogP contribution in [0.2, 0.25) is 0 Å². The number of carboxylic acid groups (broad SMARTS) is 1. The molecule has 3 rings (SSSR count). The number of nitro benzene ring substituents is 1. The molecule has 11 heteroatoms. The van der Waals surface area contributed by atoms with Crippen LogP contribution in [0.15, 0.2) is 42.5 Å². The molecule has 29 heavy (non-hydrogen) atoms. The van der Waals surface area contributed by atoms with Crippen LogP contribution in [-0.4, -0.2) is 46.7 Å². The summed E-state index contributed by atoms with van der Waals surface area (Å²) >= 11 is 0. The van der Waals surface area contributed by atoms with Gasteiger partial charge in [0.2, 0.25) is 5.91 Å². The number of anilines is 1. The molecule has 0 saturated carbocycles. The maximum atomic E-state index is 12.4. The van der Waals surface area contributed by atoms with E-state index in [2.05, 4.69) is 5.32 Å². The Morgan fingerprint density at radius 1 is 1.03 bits per heavy atom. The first-order valence-electron chi connectivity index (χ1n) is 8.13. The first-order valence-corrected chi connectivity index (χ1v) is 8.13. The number of amides is 3. The third-order valence-electron chi connectivity index (χ3n) is 3.96. The van der Waals surface area contributed by atoms with Crippen LogP contribution >= 0.6 is 0 Å². The summed E-state index contributed by atoms with van der Waals surface area (Å²) < 4.78 is 4.91. The van der Waals surface area contributed by atoms with Crippen LogP contribution in [0, 0.1) is 10.1 Å². The van der Waals surface area contributed by atoms with Crippen molar-refractivity contribution in [3.63, 3.8) is 0 Å². The minimum absolute atomic E-state index is 0.0113. The molecule has 148 valence electrons. The zero-order valence-electron chi connectivity index (χ0n) is 14.6. The van der Waals surface area contributed by atoms with Crippen LogP contribution < -0.4 is 15.2 Å². The van der Waals surface area contributed by atoms with Gasteiger partial charge in [-0.3, -0.25) is 29.4 Å². The van der Waals surface area contributed by atoms with Crippen molar-refractivity contribution in [2.75, 3.05) is 18.5 Å². The lowest BCUT2D eigenvalue weighted by Gasteiger charge is -2.14. The molecule has 1 aliphatic heterocycles. The first kappa shape index (κ1) is 19.5. The quantitative estimate of drug-likeness (QED) is 0.386. The molecule has 1 N–H and O–H groups in total. The van der Waals surface area contributed by atoms with Crippen LogP contribution in [0.25, 0.3) is 0 Å². The van der Waals surface area contributed by atoms with Gasteiger partial charge >= 0.3 is 0 Å². The van der Waals surface area contributed by atoms with Crippen LogP contribution in [0.1, 0.15) is 20.7 Å². The number of hydrogen-bond donors (Lipinski definition) is 1. The molecule has 2 aromatic rings. The second-order valence-corrected chi connectivity index (χ2v) is 5.92.